The van der Waals surface area contributed by atoms with Crippen LogP contribution in [0.25, 0.3) is 0 Å². The van der Waals surface area contributed by atoms with Crippen molar-refractivity contribution in [2.75, 3.05) is 0 Å². The van der Waals surface area contributed by atoms with Crippen molar-refractivity contribution >= 4 is 0 Å². The molecule has 4 aliphatic carbocycles. The molecule has 4 heteroatoms. The Morgan fingerprint density at radius 2 is 1.41 bits per heavy atom. The second-order valence-corrected chi connectivity index (χ2v) is 15.5. The summed E-state index contributed by atoms with van der Waals surface area (Å²) in [4.78, 5) is 0. The first-order valence-corrected chi connectivity index (χ1v) is 14.3. The number of fused-ring (bicyclic) bond motifs is 5. The van der Waals surface area contributed by atoms with Gasteiger partial charge in [-0.05, 0) is 124 Å². The topological polar surface area (TPSA) is 69.9 Å². The Hall–Kier alpha value is -0.160. The van der Waals surface area contributed by atoms with Crippen molar-refractivity contribution < 1.29 is 20.1 Å². The first-order valence-electron chi connectivity index (χ1n) is 14.3. The Labute approximate surface area is 208 Å². The van der Waals surface area contributed by atoms with E-state index in [-0.39, 0.29) is 56.9 Å². The summed E-state index contributed by atoms with van der Waals surface area (Å²) in [6, 6.07) is 0. The van der Waals surface area contributed by atoms with Crippen LogP contribution < -0.4 is 0 Å². The van der Waals surface area contributed by atoms with E-state index in [1.54, 1.807) is 0 Å². The summed E-state index contributed by atoms with van der Waals surface area (Å²) < 4.78 is 6.83. The van der Waals surface area contributed by atoms with Crippen LogP contribution in [0.5, 0.6) is 0 Å². The van der Waals surface area contributed by atoms with Crippen LogP contribution in [0.2, 0.25) is 0 Å². The Bertz CT molecular complexity index is 823. The Kier molecular flexibility index (Phi) is 5.59. The molecule has 0 spiro atoms. The van der Waals surface area contributed by atoms with E-state index >= 15 is 0 Å². The first kappa shape index (κ1) is 25.5. The lowest BCUT2D eigenvalue weighted by Crippen LogP contribution is -2.70. The summed E-state index contributed by atoms with van der Waals surface area (Å²) in [5.41, 5.74) is -0.739. The van der Waals surface area contributed by atoms with E-state index in [0.717, 1.165) is 51.4 Å². The summed E-state index contributed by atoms with van der Waals surface area (Å²) >= 11 is 0. The molecule has 0 aromatic heterocycles. The largest absolute Gasteiger partial charge is 0.393 e. The average molecular weight is 477 g/mol. The van der Waals surface area contributed by atoms with Crippen molar-refractivity contribution in [1.82, 2.24) is 0 Å². The highest BCUT2D eigenvalue weighted by Crippen LogP contribution is 2.76. The Balaban J connectivity index is 1.54. The molecule has 1 heterocycles. The zero-order valence-electron chi connectivity index (χ0n) is 23.2. The number of rotatable bonds is 1. The van der Waals surface area contributed by atoms with Crippen molar-refractivity contribution in [2.24, 2.45) is 45.3 Å². The van der Waals surface area contributed by atoms with Gasteiger partial charge >= 0.3 is 0 Å². The number of aliphatic hydroxyl groups excluding tert-OH is 3. The van der Waals surface area contributed by atoms with E-state index in [9.17, 15) is 15.3 Å². The molecule has 5 fully saturated rings. The lowest BCUT2D eigenvalue weighted by molar-refractivity contribution is -0.279. The molecule has 196 valence electrons. The van der Waals surface area contributed by atoms with Crippen LogP contribution in [0.1, 0.15) is 113 Å². The molecule has 5 rings (SSSR count). The molecule has 0 aromatic carbocycles. The van der Waals surface area contributed by atoms with Crippen LogP contribution in [0.15, 0.2) is 0 Å². The van der Waals surface area contributed by atoms with E-state index in [0.29, 0.717) is 11.8 Å². The summed E-state index contributed by atoms with van der Waals surface area (Å²) in [5.74, 6) is 0.984. The molecule has 34 heavy (non-hydrogen) atoms. The fourth-order valence-corrected chi connectivity index (χ4v) is 11.5. The van der Waals surface area contributed by atoms with E-state index in [4.69, 9.17) is 4.74 Å². The monoisotopic (exact) mass is 476 g/mol. The molecule has 0 unspecified atom stereocenters. The predicted octanol–water partition coefficient (Wildman–Crippen LogP) is 5.71. The van der Waals surface area contributed by atoms with Gasteiger partial charge in [-0.3, -0.25) is 0 Å². The fraction of sp³-hybridized carbons (Fsp3) is 1.00. The zero-order chi connectivity index (χ0) is 25.1. The lowest BCUT2D eigenvalue weighted by atomic mass is 9.34. The minimum atomic E-state index is -0.414. The minimum absolute atomic E-state index is 0.0247. The molecular formula is C30H52O4. The van der Waals surface area contributed by atoms with Gasteiger partial charge < -0.3 is 20.1 Å². The molecular weight excluding hydrogens is 424 g/mol. The standard InChI is InChI=1S/C30H52O4/c1-25(2)12-9-13-30(8,34-25)18-10-15-28(6)23(18)19(31)16-21-27(5)14-11-22(33)26(3,4)24(27)20(32)17-29(21,28)7/h18-24,31-33H,9-17H2,1-8H3/t18-,19+,20+,21+,22-,23-,24-,27+,28+,29+,30+/m0/s1. The Morgan fingerprint density at radius 1 is 0.735 bits per heavy atom. The molecule has 1 saturated heterocycles. The van der Waals surface area contributed by atoms with Crippen molar-refractivity contribution in [3.05, 3.63) is 0 Å². The molecule has 1 aliphatic heterocycles. The second kappa shape index (κ2) is 7.45. The molecule has 11 atom stereocenters. The van der Waals surface area contributed by atoms with Crippen LogP contribution in [0, 0.1) is 45.3 Å². The van der Waals surface area contributed by atoms with E-state index in [1.165, 1.54) is 6.42 Å². The number of hydrogen-bond donors (Lipinski definition) is 3. The number of hydrogen-bond acceptors (Lipinski definition) is 4. The fourth-order valence-electron chi connectivity index (χ4n) is 11.5. The van der Waals surface area contributed by atoms with Gasteiger partial charge in [0.1, 0.15) is 0 Å². The third-order valence-electron chi connectivity index (χ3n) is 13.0. The highest BCUT2D eigenvalue weighted by atomic mass is 16.5. The second-order valence-electron chi connectivity index (χ2n) is 15.5. The van der Waals surface area contributed by atoms with E-state index in [1.807, 2.05) is 0 Å². The van der Waals surface area contributed by atoms with Gasteiger partial charge in [0.05, 0.1) is 29.5 Å². The third kappa shape index (κ3) is 3.16. The lowest BCUT2D eigenvalue weighted by Gasteiger charge is -2.71. The Morgan fingerprint density at radius 3 is 2.06 bits per heavy atom. The zero-order valence-corrected chi connectivity index (χ0v) is 23.2. The molecule has 4 saturated carbocycles. The highest BCUT2D eigenvalue weighted by Gasteiger charge is 2.73. The van der Waals surface area contributed by atoms with Gasteiger partial charge in [0, 0.05) is 0 Å². The van der Waals surface area contributed by atoms with Gasteiger partial charge in [0.2, 0.25) is 0 Å². The molecule has 0 bridgehead atoms. The van der Waals surface area contributed by atoms with E-state index in [2.05, 4.69) is 55.4 Å². The summed E-state index contributed by atoms with van der Waals surface area (Å²) in [6.07, 6.45) is 7.79. The van der Waals surface area contributed by atoms with Gasteiger partial charge in [-0.2, -0.15) is 0 Å². The molecule has 0 amide bonds. The van der Waals surface area contributed by atoms with Crippen LogP contribution >= 0.6 is 0 Å². The maximum absolute atomic E-state index is 11.9. The molecule has 3 N–H and O–H groups in total. The summed E-state index contributed by atoms with van der Waals surface area (Å²) in [5, 5.41) is 34.6. The van der Waals surface area contributed by atoms with Crippen molar-refractivity contribution in [2.45, 2.75) is 143 Å². The number of aliphatic hydroxyl groups is 3. The SMILES string of the molecule is CC1(C)CCC[C@](C)([C@H]2CC[C@]3(C)[C@@H]2[C@H](O)C[C@@H]2[C@@]4(C)CC[C@H](O)C(C)(C)[C@@H]4[C@H](O)C[C@]23C)O1. The van der Waals surface area contributed by atoms with E-state index < -0.39 is 6.10 Å². The van der Waals surface area contributed by atoms with Gasteiger partial charge in [-0.15, -0.1) is 0 Å². The molecule has 0 aromatic rings. The van der Waals surface area contributed by atoms with Crippen LogP contribution in [-0.2, 0) is 4.74 Å². The molecule has 5 aliphatic rings. The average Bonchev–Trinajstić information content (AvgIpc) is 3.07. The maximum Gasteiger partial charge on any atom is 0.0693 e. The third-order valence-corrected chi connectivity index (χ3v) is 13.0. The predicted molar refractivity (Wildman–Crippen MR) is 135 cm³/mol. The first-order chi connectivity index (χ1) is 15.5. The molecule has 0 radical (unpaired) electrons. The quantitative estimate of drug-likeness (QED) is 0.453. The minimum Gasteiger partial charge on any atom is -0.393 e. The molecule has 4 nitrogen and oxygen atoms in total. The summed E-state index contributed by atoms with van der Waals surface area (Å²) in [6.45, 7) is 18.4. The summed E-state index contributed by atoms with van der Waals surface area (Å²) in [7, 11) is 0. The maximum atomic E-state index is 11.9. The van der Waals surface area contributed by atoms with Crippen molar-refractivity contribution in [3.8, 4) is 0 Å². The van der Waals surface area contributed by atoms with Gasteiger partial charge in [-0.25, -0.2) is 0 Å². The normalized spacial score (nSPS) is 58.5. The van der Waals surface area contributed by atoms with Crippen molar-refractivity contribution in [1.29, 1.82) is 0 Å². The van der Waals surface area contributed by atoms with Crippen molar-refractivity contribution in [3.63, 3.8) is 0 Å². The number of ether oxygens (including phenoxy) is 1. The van der Waals surface area contributed by atoms with Crippen LogP contribution in [-0.4, -0.2) is 44.8 Å². The van der Waals surface area contributed by atoms with Gasteiger partial charge in [-0.1, -0.05) is 34.6 Å². The van der Waals surface area contributed by atoms with Crippen LogP contribution in [0.3, 0.4) is 0 Å². The van der Waals surface area contributed by atoms with Gasteiger partial charge in [0.25, 0.3) is 0 Å². The van der Waals surface area contributed by atoms with Crippen LogP contribution in [0.4, 0.5) is 0 Å². The highest BCUT2D eigenvalue weighted by molar-refractivity contribution is 5.21. The van der Waals surface area contributed by atoms with Gasteiger partial charge in [0.15, 0.2) is 0 Å². The smallest absolute Gasteiger partial charge is 0.0693 e.